The van der Waals surface area contributed by atoms with Gasteiger partial charge in [0.2, 0.25) is 0 Å². The van der Waals surface area contributed by atoms with Gasteiger partial charge in [0.25, 0.3) is 5.91 Å². The van der Waals surface area contributed by atoms with Crippen LogP contribution in [0.15, 0.2) is 71.8 Å². The molecule has 1 amide bonds. The van der Waals surface area contributed by atoms with Gasteiger partial charge in [0.05, 0.1) is 9.78 Å². The number of nitrogens with one attached hydrogen (secondary N) is 1. The molecule has 0 radical (unpaired) electrons. The quantitative estimate of drug-likeness (QED) is 0.248. The first-order chi connectivity index (χ1) is 15.6. The van der Waals surface area contributed by atoms with Crippen LogP contribution < -0.4 is 15.1 Å². The van der Waals surface area contributed by atoms with Gasteiger partial charge in [-0.25, -0.2) is 9.82 Å². The van der Waals surface area contributed by atoms with Crippen LogP contribution in [-0.4, -0.2) is 25.2 Å². The molecule has 0 atom stereocenters. The number of anilines is 1. The monoisotopic (exact) mass is 543 g/mol. The van der Waals surface area contributed by atoms with Crippen LogP contribution in [0.2, 0.25) is 0 Å². The molecule has 1 N–H and O–H groups in total. The summed E-state index contributed by atoms with van der Waals surface area (Å²) in [5, 5.41) is 4.07. The molecule has 1 heterocycles. The third-order valence-electron chi connectivity index (χ3n) is 5.22. The minimum absolute atomic E-state index is 0.251. The lowest BCUT2D eigenvalue weighted by Gasteiger charge is -2.17. The smallest absolute Gasteiger partial charge is 0.271 e. The number of carbonyl (C=O) groups is 1. The van der Waals surface area contributed by atoms with Crippen LogP contribution in [0.3, 0.4) is 0 Å². The number of halogens is 2. The predicted molar refractivity (Wildman–Crippen MR) is 133 cm³/mol. The molecule has 0 unspecified atom stereocenters. The average molecular weight is 543 g/mol. The van der Waals surface area contributed by atoms with Crippen molar-refractivity contribution in [3.63, 3.8) is 0 Å². The van der Waals surface area contributed by atoms with Crippen molar-refractivity contribution >= 4 is 40.4 Å². The summed E-state index contributed by atoms with van der Waals surface area (Å²) in [5.74, 6) is 0.171. The van der Waals surface area contributed by atoms with Gasteiger partial charge in [-0.3, -0.25) is 4.79 Å². The molecule has 0 aliphatic carbocycles. The second-order valence-electron chi connectivity index (χ2n) is 7.55. The van der Waals surface area contributed by atoms with E-state index < -0.39 is 0 Å². The largest absolute Gasteiger partial charge is 0.488 e. The van der Waals surface area contributed by atoms with E-state index in [-0.39, 0.29) is 18.3 Å². The summed E-state index contributed by atoms with van der Waals surface area (Å²) < 4.78 is 20.0. The second kappa shape index (κ2) is 10.6. The third kappa shape index (κ3) is 5.85. The molecule has 1 saturated heterocycles. The summed E-state index contributed by atoms with van der Waals surface area (Å²) in [6.45, 7) is 2.43. The standard InChI is InChI=1S/C25H23FIN3O2/c26-21-5-3-4-19(14-21)17-32-24-11-6-18(15-23(24)27)16-28-29-25(31)20-7-9-22(10-8-20)30-12-1-2-13-30/h3-11,14-16H,1-2,12-13,17H2,(H,29,31)/b28-16-. The van der Waals surface area contributed by atoms with Crippen molar-refractivity contribution in [3.8, 4) is 5.75 Å². The number of carbonyl (C=O) groups excluding carboxylic acids is 1. The van der Waals surface area contributed by atoms with Crippen LogP contribution in [0.25, 0.3) is 0 Å². The van der Waals surface area contributed by atoms with Crippen molar-refractivity contribution in [2.75, 3.05) is 18.0 Å². The van der Waals surface area contributed by atoms with Crippen LogP contribution in [-0.2, 0) is 6.61 Å². The van der Waals surface area contributed by atoms with Crippen molar-refractivity contribution in [3.05, 3.63) is 92.8 Å². The van der Waals surface area contributed by atoms with Gasteiger partial charge in [-0.1, -0.05) is 12.1 Å². The minimum Gasteiger partial charge on any atom is -0.488 e. The number of hydrogen-bond donors (Lipinski definition) is 1. The molecule has 7 heteroatoms. The average Bonchev–Trinajstić information content (AvgIpc) is 3.34. The maximum Gasteiger partial charge on any atom is 0.271 e. The van der Waals surface area contributed by atoms with E-state index in [1.807, 2.05) is 48.5 Å². The molecule has 5 nitrogen and oxygen atoms in total. The number of amides is 1. The predicted octanol–water partition coefficient (Wildman–Crippen LogP) is 5.37. The van der Waals surface area contributed by atoms with Crippen molar-refractivity contribution in [2.24, 2.45) is 5.10 Å². The lowest BCUT2D eigenvalue weighted by atomic mass is 10.2. The van der Waals surface area contributed by atoms with Crippen LogP contribution in [0, 0.1) is 9.39 Å². The molecule has 4 rings (SSSR count). The van der Waals surface area contributed by atoms with Gasteiger partial charge in [-0.15, -0.1) is 0 Å². The zero-order chi connectivity index (χ0) is 22.3. The molecule has 0 aromatic heterocycles. The van der Waals surface area contributed by atoms with Crippen LogP contribution in [0.1, 0.15) is 34.3 Å². The first-order valence-corrected chi connectivity index (χ1v) is 11.5. The maximum atomic E-state index is 13.3. The van der Waals surface area contributed by atoms with E-state index >= 15 is 0 Å². The van der Waals surface area contributed by atoms with Gasteiger partial charge < -0.3 is 9.64 Å². The van der Waals surface area contributed by atoms with E-state index in [1.54, 1.807) is 12.3 Å². The van der Waals surface area contributed by atoms with E-state index in [0.717, 1.165) is 33.5 Å². The van der Waals surface area contributed by atoms with Gasteiger partial charge in [0, 0.05) is 24.3 Å². The SMILES string of the molecule is O=C(N/N=C\c1ccc(OCc2cccc(F)c2)c(I)c1)c1ccc(N2CCCC2)cc1. The Kier molecular flexibility index (Phi) is 7.36. The maximum absolute atomic E-state index is 13.3. The third-order valence-corrected chi connectivity index (χ3v) is 6.06. The summed E-state index contributed by atoms with van der Waals surface area (Å²) in [5.41, 5.74) is 5.89. The van der Waals surface area contributed by atoms with E-state index in [9.17, 15) is 9.18 Å². The van der Waals surface area contributed by atoms with Crippen LogP contribution >= 0.6 is 22.6 Å². The first-order valence-electron chi connectivity index (χ1n) is 10.4. The lowest BCUT2D eigenvalue weighted by molar-refractivity contribution is 0.0955. The summed E-state index contributed by atoms with van der Waals surface area (Å²) in [6.07, 6.45) is 4.03. The zero-order valence-electron chi connectivity index (χ0n) is 17.4. The Morgan fingerprint density at radius 2 is 1.88 bits per heavy atom. The Morgan fingerprint density at radius 3 is 2.59 bits per heavy atom. The number of rotatable bonds is 7. The molecular formula is C25H23FIN3O2. The minimum atomic E-state index is -0.281. The topological polar surface area (TPSA) is 53.9 Å². The summed E-state index contributed by atoms with van der Waals surface area (Å²) >= 11 is 2.18. The Hall–Kier alpha value is -2.94. The summed E-state index contributed by atoms with van der Waals surface area (Å²) in [6, 6.07) is 19.5. The fourth-order valence-electron chi connectivity index (χ4n) is 3.53. The van der Waals surface area contributed by atoms with Gasteiger partial charge in [0.15, 0.2) is 0 Å². The molecule has 3 aromatic rings. The molecule has 3 aromatic carbocycles. The highest BCUT2D eigenvalue weighted by molar-refractivity contribution is 14.1. The highest BCUT2D eigenvalue weighted by Gasteiger charge is 2.13. The molecule has 0 saturated carbocycles. The van der Waals surface area contributed by atoms with Crippen molar-refractivity contribution in [1.82, 2.24) is 5.43 Å². The Bertz CT molecular complexity index is 1110. The molecule has 1 aliphatic rings. The molecule has 0 bridgehead atoms. The van der Waals surface area contributed by atoms with Gasteiger partial charge in [0.1, 0.15) is 18.2 Å². The van der Waals surface area contributed by atoms with Crippen molar-refractivity contribution in [2.45, 2.75) is 19.4 Å². The summed E-state index contributed by atoms with van der Waals surface area (Å²) in [4.78, 5) is 14.7. The highest BCUT2D eigenvalue weighted by atomic mass is 127. The molecule has 1 aliphatic heterocycles. The van der Waals surface area contributed by atoms with E-state index in [4.69, 9.17) is 4.74 Å². The highest BCUT2D eigenvalue weighted by Crippen LogP contribution is 2.23. The normalized spacial score (nSPS) is 13.5. The van der Waals surface area contributed by atoms with Gasteiger partial charge in [-0.05, 0) is 101 Å². The molecule has 164 valence electrons. The Balaban J connectivity index is 1.31. The second-order valence-corrected chi connectivity index (χ2v) is 8.71. The zero-order valence-corrected chi connectivity index (χ0v) is 19.6. The van der Waals surface area contributed by atoms with Crippen molar-refractivity contribution < 1.29 is 13.9 Å². The first kappa shape index (κ1) is 22.3. The number of hydrogen-bond acceptors (Lipinski definition) is 4. The Morgan fingerprint density at radius 1 is 1.09 bits per heavy atom. The Labute approximate surface area is 200 Å². The summed E-state index contributed by atoms with van der Waals surface area (Å²) in [7, 11) is 0. The molecule has 1 fully saturated rings. The van der Waals surface area contributed by atoms with Gasteiger partial charge in [-0.2, -0.15) is 5.10 Å². The molecule has 32 heavy (non-hydrogen) atoms. The lowest BCUT2D eigenvalue weighted by Crippen LogP contribution is -2.19. The van der Waals surface area contributed by atoms with Crippen LogP contribution in [0.4, 0.5) is 10.1 Å². The van der Waals surface area contributed by atoms with E-state index in [0.29, 0.717) is 11.3 Å². The van der Waals surface area contributed by atoms with Crippen molar-refractivity contribution in [1.29, 1.82) is 0 Å². The fraction of sp³-hybridized carbons (Fsp3) is 0.200. The molecule has 0 spiro atoms. The van der Waals surface area contributed by atoms with Crippen LogP contribution in [0.5, 0.6) is 5.75 Å². The number of ether oxygens (including phenoxy) is 1. The number of benzene rings is 3. The van der Waals surface area contributed by atoms with E-state index in [1.165, 1.54) is 25.0 Å². The number of nitrogens with zero attached hydrogens (tertiary/aromatic N) is 2. The number of hydrazone groups is 1. The fourth-order valence-corrected chi connectivity index (χ4v) is 4.23. The van der Waals surface area contributed by atoms with Gasteiger partial charge >= 0.3 is 0 Å². The van der Waals surface area contributed by atoms with E-state index in [2.05, 4.69) is 38.0 Å². The molecular weight excluding hydrogens is 520 g/mol.